The number of phenols is 1. The van der Waals surface area contributed by atoms with E-state index in [4.69, 9.17) is 4.74 Å². The summed E-state index contributed by atoms with van der Waals surface area (Å²) in [7, 11) is 0. The number of aromatic hydroxyl groups is 1. The first-order chi connectivity index (χ1) is 5.75. The number of benzene rings is 1. The molecule has 0 unspecified atom stereocenters. The number of para-hydroxylation sites is 1. The van der Waals surface area contributed by atoms with E-state index in [1.165, 1.54) is 12.1 Å². The van der Waals surface area contributed by atoms with Crippen LogP contribution in [0.25, 0.3) is 0 Å². The van der Waals surface area contributed by atoms with Gasteiger partial charge < -0.3 is 34.7 Å². The number of hydrogen-bond donors (Lipinski definition) is 1. The maximum absolute atomic E-state index is 11.1. The summed E-state index contributed by atoms with van der Waals surface area (Å²) in [6, 6.07) is 6.30. The van der Waals surface area contributed by atoms with Crippen LogP contribution in [0.15, 0.2) is 24.3 Å². The summed E-state index contributed by atoms with van der Waals surface area (Å²) in [4.78, 5) is 11.1. The summed E-state index contributed by atoms with van der Waals surface area (Å²) in [5.74, 6) is -0.536. The molecule has 0 saturated heterocycles. The fourth-order valence-electron chi connectivity index (χ4n) is 0.855. The molecule has 1 aromatic carbocycles. The van der Waals surface area contributed by atoms with Crippen molar-refractivity contribution in [3.8, 4) is 5.75 Å². The van der Waals surface area contributed by atoms with Gasteiger partial charge in [-0.3, -0.25) is 0 Å². The van der Waals surface area contributed by atoms with Crippen molar-refractivity contribution in [3.63, 3.8) is 0 Å². The van der Waals surface area contributed by atoms with E-state index in [0.717, 1.165) is 0 Å². The standard InChI is InChI=1S/C9H10O3.Ca.2ClH/c1-2-12-9(11)7-5-3-4-6-8(7)10;;;/h3-6,10H,2H2,1H3;;2*1H/q;+2;;/p-2. The first kappa shape index (κ1) is 20.7. The Balaban J connectivity index is -0.000000480. The molecule has 1 rings (SSSR count). The molecule has 0 aliphatic carbocycles. The molecule has 0 saturated carbocycles. The van der Waals surface area contributed by atoms with Crippen LogP contribution >= 0.6 is 0 Å². The number of phenolic OH excluding ortho intramolecular Hbond substituents is 1. The second-order valence-electron chi connectivity index (χ2n) is 2.24. The van der Waals surface area contributed by atoms with Gasteiger partial charge in [-0.15, -0.1) is 0 Å². The summed E-state index contributed by atoms with van der Waals surface area (Å²) >= 11 is 0. The van der Waals surface area contributed by atoms with Crippen LogP contribution in [0.4, 0.5) is 0 Å². The Hall–Kier alpha value is 0.330. The second kappa shape index (κ2) is 10.8. The monoisotopic (exact) mass is 276 g/mol. The van der Waals surface area contributed by atoms with Crippen LogP contribution in [0.1, 0.15) is 17.3 Å². The van der Waals surface area contributed by atoms with E-state index < -0.39 is 5.97 Å². The van der Waals surface area contributed by atoms with Crippen molar-refractivity contribution in [1.82, 2.24) is 0 Å². The fourth-order valence-corrected chi connectivity index (χ4v) is 0.855. The third kappa shape index (κ3) is 6.48. The number of esters is 1. The van der Waals surface area contributed by atoms with Crippen molar-refractivity contribution in [2.45, 2.75) is 6.92 Å². The Labute approximate surface area is 131 Å². The van der Waals surface area contributed by atoms with E-state index in [2.05, 4.69) is 0 Å². The van der Waals surface area contributed by atoms with Gasteiger partial charge in [0.2, 0.25) is 0 Å². The summed E-state index contributed by atoms with van der Waals surface area (Å²) in [6.07, 6.45) is 0. The average molecular weight is 277 g/mol. The quantitative estimate of drug-likeness (QED) is 0.436. The molecular weight excluding hydrogens is 267 g/mol. The topological polar surface area (TPSA) is 46.5 Å². The minimum atomic E-state index is -0.490. The molecule has 15 heavy (non-hydrogen) atoms. The SMILES string of the molecule is CCOC(=O)c1ccccc1O.[Ca+2].[Cl-].[Cl-]. The molecule has 6 heteroatoms. The molecule has 0 aromatic heterocycles. The molecule has 3 nitrogen and oxygen atoms in total. The van der Waals surface area contributed by atoms with Gasteiger partial charge in [0.05, 0.1) is 6.61 Å². The number of carbonyl (C=O) groups is 1. The largest absolute Gasteiger partial charge is 2.00 e. The molecule has 1 N–H and O–H groups in total. The van der Waals surface area contributed by atoms with Crippen molar-refractivity contribution in [2.24, 2.45) is 0 Å². The fraction of sp³-hybridized carbons (Fsp3) is 0.222. The predicted molar refractivity (Wildman–Crippen MR) is 49.8 cm³/mol. The number of halogens is 2. The van der Waals surface area contributed by atoms with E-state index in [1.54, 1.807) is 19.1 Å². The van der Waals surface area contributed by atoms with Crippen molar-refractivity contribution >= 4 is 43.7 Å². The molecule has 0 amide bonds. The summed E-state index contributed by atoms with van der Waals surface area (Å²) in [5, 5.41) is 9.21. The van der Waals surface area contributed by atoms with Crippen LogP contribution in [0.3, 0.4) is 0 Å². The van der Waals surface area contributed by atoms with Gasteiger partial charge in [0.25, 0.3) is 0 Å². The van der Waals surface area contributed by atoms with Gasteiger partial charge in [-0.2, -0.15) is 0 Å². The van der Waals surface area contributed by atoms with Gasteiger partial charge in [0.15, 0.2) is 0 Å². The van der Waals surface area contributed by atoms with E-state index in [-0.39, 0.29) is 73.9 Å². The third-order valence-electron chi connectivity index (χ3n) is 1.40. The number of carbonyl (C=O) groups excluding carboxylic acids is 1. The van der Waals surface area contributed by atoms with Crippen LogP contribution in [0.2, 0.25) is 0 Å². The van der Waals surface area contributed by atoms with Gasteiger partial charge in [-0.05, 0) is 19.1 Å². The van der Waals surface area contributed by atoms with Crippen molar-refractivity contribution in [2.75, 3.05) is 6.61 Å². The van der Waals surface area contributed by atoms with Gasteiger partial charge in [0, 0.05) is 0 Å². The van der Waals surface area contributed by atoms with E-state index in [9.17, 15) is 9.90 Å². The first-order valence-electron chi connectivity index (χ1n) is 3.70. The zero-order valence-corrected chi connectivity index (χ0v) is 12.0. The van der Waals surface area contributed by atoms with Crippen LogP contribution in [0, 0.1) is 0 Å². The molecule has 0 bridgehead atoms. The minimum absolute atomic E-state index is 0. The Morgan fingerprint density at radius 1 is 1.33 bits per heavy atom. The normalized spacial score (nSPS) is 7.53. The molecule has 0 heterocycles. The Kier molecular flexibility index (Phi) is 15.0. The van der Waals surface area contributed by atoms with E-state index >= 15 is 0 Å². The summed E-state index contributed by atoms with van der Waals surface area (Å²) in [6.45, 7) is 2.03. The average Bonchev–Trinajstić information content (AvgIpc) is 2.05. The second-order valence-corrected chi connectivity index (χ2v) is 2.24. The Bertz CT molecular complexity index is 294. The zero-order chi connectivity index (χ0) is 8.97. The Morgan fingerprint density at radius 2 is 1.87 bits per heavy atom. The maximum atomic E-state index is 11.1. The third-order valence-corrected chi connectivity index (χ3v) is 1.40. The predicted octanol–water partition coefficient (Wildman–Crippen LogP) is -4.80. The van der Waals surface area contributed by atoms with Gasteiger partial charge in [0.1, 0.15) is 11.3 Å². The van der Waals surface area contributed by atoms with Crippen LogP contribution in [0.5, 0.6) is 5.75 Å². The number of rotatable bonds is 2. The smallest absolute Gasteiger partial charge is 1.00 e. The molecule has 0 aliphatic rings. The van der Waals surface area contributed by atoms with Crippen LogP contribution < -0.4 is 24.8 Å². The van der Waals surface area contributed by atoms with Gasteiger partial charge in [-0.1, -0.05) is 12.1 Å². The molecule has 1 aromatic rings. The Morgan fingerprint density at radius 3 is 2.33 bits per heavy atom. The zero-order valence-electron chi connectivity index (χ0n) is 8.24. The molecule has 0 fully saturated rings. The van der Waals surface area contributed by atoms with E-state index in [0.29, 0.717) is 6.61 Å². The van der Waals surface area contributed by atoms with Crippen LogP contribution in [-0.2, 0) is 4.74 Å². The van der Waals surface area contributed by atoms with Crippen molar-refractivity contribution in [3.05, 3.63) is 29.8 Å². The summed E-state index contributed by atoms with van der Waals surface area (Å²) in [5.41, 5.74) is 0.208. The first-order valence-corrected chi connectivity index (χ1v) is 3.70. The molecule has 0 radical (unpaired) electrons. The van der Waals surface area contributed by atoms with Crippen molar-refractivity contribution < 1.29 is 39.5 Å². The molecule has 0 spiro atoms. The molecule has 80 valence electrons. The van der Waals surface area contributed by atoms with Crippen molar-refractivity contribution in [1.29, 1.82) is 0 Å². The maximum Gasteiger partial charge on any atom is 2.00 e. The van der Waals surface area contributed by atoms with Gasteiger partial charge >= 0.3 is 43.7 Å². The van der Waals surface area contributed by atoms with E-state index in [1.807, 2.05) is 0 Å². The molecular formula is C9H10CaCl2O3. The minimum Gasteiger partial charge on any atom is -1.00 e. The number of hydrogen-bond acceptors (Lipinski definition) is 3. The summed E-state index contributed by atoms with van der Waals surface area (Å²) < 4.78 is 4.71. The van der Waals surface area contributed by atoms with Gasteiger partial charge in [-0.25, -0.2) is 4.79 Å². The molecule has 0 aliphatic heterocycles. The van der Waals surface area contributed by atoms with Crippen LogP contribution in [-0.4, -0.2) is 55.4 Å². The molecule has 0 atom stereocenters. The number of ether oxygens (including phenoxy) is 1.